The molecule has 0 saturated carbocycles. The molecule has 0 aliphatic carbocycles. The van der Waals surface area contributed by atoms with E-state index in [1.165, 1.54) is 30.4 Å². The molecule has 0 aliphatic heterocycles. The number of carboxylic acid groups (broad SMARTS) is 1. The molecule has 2 rings (SSSR count). The van der Waals surface area contributed by atoms with Gasteiger partial charge in [-0.15, -0.1) is 11.3 Å². The first-order valence-electron chi connectivity index (χ1n) is 7.29. The first-order chi connectivity index (χ1) is 11.9. The van der Waals surface area contributed by atoms with E-state index in [9.17, 15) is 14.4 Å². The molecule has 3 N–H and O–H groups in total. The summed E-state index contributed by atoms with van der Waals surface area (Å²) in [6.45, 7) is 1.72. The molecule has 0 radical (unpaired) electrons. The van der Waals surface area contributed by atoms with Gasteiger partial charge in [-0.2, -0.15) is 0 Å². The van der Waals surface area contributed by atoms with E-state index in [0.29, 0.717) is 22.9 Å². The van der Waals surface area contributed by atoms with Gasteiger partial charge in [-0.3, -0.25) is 14.4 Å². The molecule has 8 nitrogen and oxygen atoms in total. The lowest BCUT2D eigenvalue weighted by atomic mass is 10.2. The number of rotatable bonds is 7. The second-order valence-electron chi connectivity index (χ2n) is 5.12. The van der Waals surface area contributed by atoms with Crippen molar-refractivity contribution in [2.24, 2.45) is 0 Å². The van der Waals surface area contributed by atoms with E-state index in [0.717, 1.165) is 0 Å². The van der Waals surface area contributed by atoms with E-state index >= 15 is 0 Å². The third-order valence-corrected chi connectivity index (χ3v) is 4.00. The number of hydrogen-bond donors (Lipinski definition) is 3. The van der Waals surface area contributed by atoms with Crippen LogP contribution in [0.4, 0.5) is 5.69 Å². The number of nitrogens with one attached hydrogen (secondary N) is 2. The summed E-state index contributed by atoms with van der Waals surface area (Å²) in [7, 11) is 1.55. The third kappa shape index (κ3) is 5.10. The topological polar surface area (TPSA) is 118 Å². The average Bonchev–Trinajstić information content (AvgIpc) is 3.04. The number of aliphatic carboxylic acids is 1. The number of aromatic nitrogens is 1. The van der Waals surface area contributed by atoms with E-state index in [2.05, 4.69) is 15.6 Å². The standard InChI is InChI=1S/C16H17N3O5S/c1-9(16(22)23)17-14(20)10-3-5-11(6-4-10)18-15(21)12-8-25-13(19-12)7-24-2/h3-6,8-9H,7H2,1-2H3,(H,17,20)(H,18,21)(H,22,23). The van der Waals surface area contributed by atoms with E-state index in [1.807, 2.05) is 0 Å². The number of ether oxygens (including phenoxy) is 1. The Balaban J connectivity index is 1.98. The zero-order chi connectivity index (χ0) is 18.4. The predicted molar refractivity (Wildman–Crippen MR) is 91.8 cm³/mol. The molecule has 1 unspecified atom stereocenters. The van der Waals surface area contributed by atoms with Crippen LogP contribution in [0.25, 0.3) is 0 Å². The second-order valence-corrected chi connectivity index (χ2v) is 6.07. The van der Waals surface area contributed by atoms with Crippen LogP contribution in [-0.4, -0.2) is 41.0 Å². The van der Waals surface area contributed by atoms with Gasteiger partial charge in [0.1, 0.15) is 16.7 Å². The minimum absolute atomic E-state index is 0.286. The highest BCUT2D eigenvalue weighted by molar-refractivity contribution is 7.09. The molecule has 25 heavy (non-hydrogen) atoms. The van der Waals surface area contributed by atoms with Gasteiger partial charge in [0, 0.05) is 23.7 Å². The largest absolute Gasteiger partial charge is 0.480 e. The number of amides is 2. The molecule has 0 aliphatic rings. The van der Waals surface area contributed by atoms with Crippen LogP contribution in [0.5, 0.6) is 0 Å². The highest BCUT2D eigenvalue weighted by Gasteiger charge is 2.15. The molecule has 9 heteroatoms. The van der Waals surface area contributed by atoms with Gasteiger partial charge in [-0.25, -0.2) is 4.98 Å². The summed E-state index contributed by atoms with van der Waals surface area (Å²) in [5.41, 5.74) is 1.07. The van der Waals surface area contributed by atoms with E-state index in [1.54, 1.807) is 24.6 Å². The molecule has 0 saturated heterocycles. The fourth-order valence-corrected chi connectivity index (χ4v) is 2.59. The number of carboxylic acids is 1. The summed E-state index contributed by atoms with van der Waals surface area (Å²) < 4.78 is 4.96. The maximum absolute atomic E-state index is 12.1. The normalized spacial score (nSPS) is 11.6. The Hall–Kier alpha value is -2.78. The smallest absolute Gasteiger partial charge is 0.325 e. The number of methoxy groups -OCH3 is 1. The zero-order valence-corrected chi connectivity index (χ0v) is 14.4. The molecule has 1 atom stereocenters. The Morgan fingerprint density at radius 3 is 2.52 bits per heavy atom. The van der Waals surface area contributed by atoms with Crippen LogP contribution in [0.15, 0.2) is 29.6 Å². The van der Waals surface area contributed by atoms with E-state index in [4.69, 9.17) is 9.84 Å². The van der Waals surface area contributed by atoms with E-state index in [-0.39, 0.29) is 11.6 Å². The highest BCUT2D eigenvalue weighted by Crippen LogP contribution is 2.14. The first kappa shape index (κ1) is 18.6. The molecule has 1 aromatic carbocycles. The van der Waals surface area contributed by atoms with Crippen molar-refractivity contribution in [1.29, 1.82) is 0 Å². The highest BCUT2D eigenvalue weighted by atomic mass is 32.1. The molecular formula is C16H17N3O5S. The second kappa shape index (κ2) is 8.36. The van der Waals surface area contributed by atoms with Gasteiger partial charge in [0.15, 0.2) is 0 Å². The van der Waals surface area contributed by atoms with Crippen LogP contribution in [-0.2, 0) is 16.1 Å². The summed E-state index contributed by atoms with van der Waals surface area (Å²) in [4.78, 5) is 38.9. The van der Waals surface area contributed by atoms with Crippen molar-refractivity contribution in [2.75, 3.05) is 12.4 Å². The number of hydrogen-bond acceptors (Lipinski definition) is 6. The SMILES string of the molecule is COCc1nc(C(=O)Nc2ccc(C(=O)NC(C)C(=O)O)cc2)cs1. The Labute approximate surface area is 147 Å². The van der Waals surface area contributed by atoms with Crippen molar-refractivity contribution in [3.63, 3.8) is 0 Å². The molecule has 132 valence electrons. The molecular weight excluding hydrogens is 346 g/mol. The molecule has 1 aromatic heterocycles. The van der Waals surface area contributed by atoms with Gasteiger partial charge >= 0.3 is 5.97 Å². The van der Waals surface area contributed by atoms with Crippen molar-refractivity contribution in [3.05, 3.63) is 45.9 Å². The lowest BCUT2D eigenvalue weighted by molar-refractivity contribution is -0.138. The molecule has 0 bridgehead atoms. The predicted octanol–water partition coefficient (Wildman–Crippen LogP) is 1.74. The summed E-state index contributed by atoms with van der Waals surface area (Å²) >= 11 is 1.33. The van der Waals surface area contributed by atoms with Gasteiger partial charge in [0.2, 0.25) is 0 Å². The number of carbonyl (C=O) groups is 3. The number of anilines is 1. The molecule has 0 spiro atoms. The van der Waals surface area contributed by atoms with Crippen molar-refractivity contribution in [2.45, 2.75) is 19.6 Å². The molecule has 2 aromatic rings. The van der Waals surface area contributed by atoms with Crippen LogP contribution in [0, 0.1) is 0 Å². The fourth-order valence-electron chi connectivity index (χ4n) is 1.85. The lowest BCUT2D eigenvalue weighted by Crippen LogP contribution is -2.38. The third-order valence-electron chi connectivity index (χ3n) is 3.18. The van der Waals surface area contributed by atoms with Crippen LogP contribution in [0.3, 0.4) is 0 Å². The Kier molecular flexibility index (Phi) is 6.20. The van der Waals surface area contributed by atoms with Gasteiger partial charge in [-0.1, -0.05) is 0 Å². The number of carbonyl (C=O) groups excluding carboxylic acids is 2. The van der Waals surface area contributed by atoms with Gasteiger partial charge in [0.25, 0.3) is 11.8 Å². The summed E-state index contributed by atoms with van der Waals surface area (Å²) in [5, 5.41) is 16.2. The molecule has 2 amide bonds. The van der Waals surface area contributed by atoms with Crippen LogP contribution >= 0.6 is 11.3 Å². The van der Waals surface area contributed by atoms with Crippen LogP contribution < -0.4 is 10.6 Å². The van der Waals surface area contributed by atoms with Crippen LogP contribution in [0.2, 0.25) is 0 Å². The number of benzene rings is 1. The monoisotopic (exact) mass is 363 g/mol. The summed E-state index contributed by atoms with van der Waals surface area (Å²) in [5.74, 6) is -1.99. The summed E-state index contributed by atoms with van der Waals surface area (Å²) in [6, 6.07) is 5.12. The molecule has 0 fully saturated rings. The van der Waals surface area contributed by atoms with E-state index < -0.39 is 17.9 Å². The average molecular weight is 363 g/mol. The van der Waals surface area contributed by atoms with Crippen LogP contribution in [0.1, 0.15) is 32.8 Å². The Morgan fingerprint density at radius 1 is 1.24 bits per heavy atom. The van der Waals surface area contributed by atoms with Crippen molar-refractivity contribution >= 4 is 34.8 Å². The van der Waals surface area contributed by atoms with Gasteiger partial charge in [-0.05, 0) is 31.2 Å². The van der Waals surface area contributed by atoms with Gasteiger partial charge in [0.05, 0.1) is 6.61 Å². The number of thiazole rings is 1. The van der Waals surface area contributed by atoms with Crippen molar-refractivity contribution in [3.8, 4) is 0 Å². The van der Waals surface area contributed by atoms with Crippen molar-refractivity contribution < 1.29 is 24.2 Å². The lowest BCUT2D eigenvalue weighted by Gasteiger charge is -2.09. The first-order valence-corrected chi connectivity index (χ1v) is 8.17. The molecule has 1 heterocycles. The quantitative estimate of drug-likeness (QED) is 0.690. The maximum atomic E-state index is 12.1. The minimum Gasteiger partial charge on any atom is -0.480 e. The Morgan fingerprint density at radius 2 is 1.92 bits per heavy atom. The van der Waals surface area contributed by atoms with Gasteiger partial charge < -0.3 is 20.5 Å². The minimum atomic E-state index is -1.12. The zero-order valence-electron chi connectivity index (χ0n) is 13.6. The summed E-state index contributed by atoms with van der Waals surface area (Å²) in [6.07, 6.45) is 0. The maximum Gasteiger partial charge on any atom is 0.325 e. The Bertz CT molecular complexity index is 772. The van der Waals surface area contributed by atoms with Crippen molar-refractivity contribution in [1.82, 2.24) is 10.3 Å². The fraction of sp³-hybridized carbons (Fsp3) is 0.250. The number of nitrogens with zero attached hydrogens (tertiary/aromatic N) is 1.